The quantitative estimate of drug-likeness (QED) is 0.0955. The van der Waals surface area contributed by atoms with Crippen LogP contribution in [-0.4, -0.2) is 45.8 Å². The highest BCUT2D eigenvalue weighted by molar-refractivity contribution is 7.98. The molecule has 0 aliphatic rings. The summed E-state index contributed by atoms with van der Waals surface area (Å²) in [5, 5.41) is 3.42. The van der Waals surface area contributed by atoms with Gasteiger partial charge >= 0.3 is 0 Å². The largest absolute Gasteiger partial charge is 0.456 e. The molecule has 0 amide bonds. The molecular weight excluding hydrogens is 739 g/mol. The molecule has 0 unspecified atom stereocenters. The summed E-state index contributed by atoms with van der Waals surface area (Å²) in [4.78, 5) is 2.65. The van der Waals surface area contributed by atoms with Crippen molar-refractivity contribution in [3.63, 3.8) is 0 Å². The van der Waals surface area contributed by atoms with Crippen molar-refractivity contribution in [1.29, 1.82) is 0 Å². The minimum Gasteiger partial charge on any atom is -0.456 e. The van der Waals surface area contributed by atoms with Gasteiger partial charge in [-0.2, -0.15) is 0 Å². The van der Waals surface area contributed by atoms with Gasteiger partial charge in [0.25, 0.3) is 0 Å². The Morgan fingerprint density at radius 1 is 0.462 bits per heavy atom. The van der Waals surface area contributed by atoms with Crippen LogP contribution in [0.2, 0.25) is 77.6 Å². The van der Waals surface area contributed by atoms with E-state index in [0.717, 1.165) is 19.4 Å². The van der Waals surface area contributed by atoms with Gasteiger partial charge in [0, 0.05) is 22.0 Å². The van der Waals surface area contributed by atoms with Crippen LogP contribution >= 0.6 is 23.5 Å². The first-order valence-corrected chi connectivity index (χ1v) is 34.2. The number of benzene rings is 4. The summed E-state index contributed by atoms with van der Waals surface area (Å²) in [6.07, 6.45) is 6.52. The average molecular weight is 809 g/mol. The molecule has 0 saturated heterocycles. The normalized spacial score (nSPS) is 12.0. The summed E-state index contributed by atoms with van der Waals surface area (Å²) in [7, 11) is -5.73. The van der Waals surface area contributed by atoms with Crippen molar-refractivity contribution in [2.24, 2.45) is 0 Å². The maximum absolute atomic E-state index is 6.37. The van der Waals surface area contributed by atoms with Crippen LogP contribution in [0.1, 0.15) is 27.8 Å². The van der Waals surface area contributed by atoms with Crippen LogP contribution in [0.4, 0.5) is 5.69 Å². The second-order valence-electron chi connectivity index (χ2n) is 16.8. The van der Waals surface area contributed by atoms with Crippen LogP contribution in [0, 0.1) is 13.8 Å². The third-order valence-corrected chi connectivity index (χ3v) is 21.9. The van der Waals surface area contributed by atoms with Crippen LogP contribution in [-0.2, 0) is 27.6 Å². The molecule has 4 rings (SSSR count). The van der Waals surface area contributed by atoms with Crippen molar-refractivity contribution in [2.75, 3.05) is 17.8 Å². The molecule has 0 spiro atoms. The highest BCUT2D eigenvalue weighted by atomic mass is 32.2. The van der Waals surface area contributed by atoms with E-state index >= 15 is 0 Å². The molecule has 9 heteroatoms. The van der Waals surface area contributed by atoms with Gasteiger partial charge in [-0.05, 0) is 170 Å². The summed E-state index contributed by atoms with van der Waals surface area (Å²) in [5.74, 6) is 0. The lowest BCUT2D eigenvalue weighted by molar-refractivity contribution is 0.546. The van der Waals surface area contributed by atoms with Crippen molar-refractivity contribution >= 4 is 62.5 Å². The Bertz CT molecular complexity index is 1560. The lowest BCUT2D eigenvalue weighted by Gasteiger charge is -2.31. The summed E-state index contributed by atoms with van der Waals surface area (Å²) < 4.78 is 12.7. The monoisotopic (exact) mass is 807 g/mol. The van der Waals surface area contributed by atoms with Gasteiger partial charge in [0.05, 0.1) is 0 Å². The molecule has 0 radical (unpaired) electrons. The predicted octanol–water partition coefficient (Wildman–Crippen LogP) is 13.9. The van der Waals surface area contributed by atoms with E-state index in [-0.39, 0.29) is 0 Å². The first-order chi connectivity index (χ1) is 24.2. The number of anilines is 1. The number of nitrogens with one attached hydrogen (secondary N) is 1. The molecule has 0 saturated carbocycles. The highest BCUT2D eigenvalue weighted by Crippen LogP contribution is 2.23. The molecule has 0 atom stereocenters. The lowest BCUT2D eigenvalue weighted by atomic mass is 10.1. The molecule has 1 N–H and O–H groups in total. The van der Waals surface area contributed by atoms with E-state index in [9.17, 15) is 0 Å². The zero-order valence-electron chi connectivity index (χ0n) is 34.9. The molecule has 4 aromatic rings. The Labute approximate surface area is 332 Å². The Morgan fingerprint density at radius 2 is 0.788 bits per heavy atom. The molecule has 0 fully saturated rings. The van der Waals surface area contributed by atoms with Crippen LogP contribution in [0.5, 0.6) is 0 Å². The van der Waals surface area contributed by atoms with Gasteiger partial charge in [-0.25, -0.2) is 0 Å². The van der Waals surface area contributed by atoms with Gasteiger partial charge in [0.2, 0.25) is 0 Å². The fourth-order valence-corrected chi connectivity index (χ4v) is 22.5. The standard InChI is InChI=1S/C15H17NS.C14H26OSSi2.C14H26OSi2/c1-12-3-7-14(8-4-12)16-11-13-5-9-15(17-2)10-6-13;1-16-14-9-7-13(8-10-14)11-12-18(5,6)15-17(2,3)4;1-13-7-9-14(10-8-13)11-12-17(5,6)15-16(2,3)4/h3-10,16H,11H2,1-2H3;7-10H,11-12H2,1-6H3;7-10H,11-12H2,1-6H3. The second kappa shape index (κ2) is 21.9. The molecule has 0 aliphatic heterocycles. The summed E-state index contributed by atoms with van der Waals surface area (Å²) in [6.45, 7) is 28.2. The first-order valence-electron chi connectivity index (χ1n) is 18.7. The van der Waals surface area contributed by atoms with Crippen molar-refractivity contribution in [2.45, 2.75) is 121 Å². The Morgan fingerprint density at radius 3 is 1.13 bits per heavy atom. The Hall–Kier alpha value is -1.83. The van der Waals surface area contributed by atoms with E-state index in [1.165, 1.54) is 55.4 Å². The summed E-state index contributed by atoms with van der Waals surface area (Å²) >= 11 is 3.57. The SMILES string of the molecule is CSc1ccc(CC[Si](C)(C)O[Si](C)(C)C)cc1.CSc1ccc(CNc2ccc(C)cc2)cc1.Cc1ccc(CC[Si](C)(C)O[Si](C)(C)C)cc1. The predicted molar refractivity (Wildman–Crippen MR) is 247 cm³/mol. The van der Waals surface area contributed by atoms with E-state index in [1.54, 1.807) is 23.5 Å². The number of rotatable bonds is 15. The second-order valence-corrected chi connectivity index (χ2v) is 36.7. The van der Waals surface area contributed by atoms with Gasteiger partial charge in [0.15, 0.2) is 33.3 Å². The topological polar surface area (TPSA) is 30.5 Å². The Kier molecular flexibility index (Phi) is 19.5. The minimum atomic E-state index is -1.49. The van der Waals surface area contributed by atoms with Crippen molar-refractivity contribution in [1.82, 2.24) is 0 Å². The molecule has 0 heterocycles. The van der Waals surface area contributed by atoms with Crippen LogP contribution in [0.15, 0.2) is 107 Å². The van der Waals surface area contributed by atoms with Gasteiger partial charge in [0.1, 0.15) is 0 Å². The van der Waals surface area contributed by atoms with E-state index in [2.05, 4.69) is 194 Å². The fraction of sp³-hybridized carbons (Fsp3) is 0.442. The minimum absolute atomic E-state index is 0.873. The fourth-order valence-electron chi connectivity index (χ4n) is 5.82. The third-order valence-electron chi connectivity index (χ3n) is 8.18. The molecular formula is C43H69NO2S2Si4. The molecule has 0 aliphatic carbocycles. The van der Waals surface area contributed by atoms with E-state index in [0.29, 0.717) is 0 Å². The van der Waals surface area contributed by atoms with Crippen molar-refractivity contribution < 1.29 is 8.23 Å². The van der Waals surface area contributed by atoms with Crippen molar-refractivity contribution in [3.8, 4) is 0 Å². The van der Waals surface area contributed by atoms with Gasteiger partial charge in [-0.3, -0.25) is 0 Å². The number of thioether (sulfide) groups is 2. The maximum Gasteiger partial charge on any atom is 0.173 e. The third kappa shape index (κ3) is 21.2. The van der Waals surface area contributed by atoms with Crippen molar-refractivity contribution in [3.05, 3.63) is 125 Å². The zero-order valence-corrected chi connectivity index (χ0v) is 40.5. The van der Waals surface area contributed by atoms with Crippen LogP contribution in [0.3, 0.4) is 0 Å². The highest BCUT2D eigenvalue weighted by Gasteiger charge is 2.30. The summed E-state index contributed by atoms with van der Waals surface area (Å²) in [5.41, 5.74) is 7.99. The number of hydrogen-bond acceptors (Lipinski definition) is 5. The van der Waals surface area contributed by atoms with Crippen LogP contribution in [0.25, 0.3) is 0 Å². The smallest absolute Gasteiger partial charge is 0.173 e. The average Bonchev–Trinajstić information content (AvgIpc) is 3.06. The van der Waals surface area contributed by atoms with E-state index in [1.807, 2.05) is 0 Å². The van der Waals surface area contributed by atoms with Gasteiger partial charge < -0.3 is 13.5 Å². The lowest BCUT2D eigenvalue weighted by Crippen LogP contribution is -2.42. The first kappa shape index (κ1) is 46.3. The number of aryl methyl sites for hydroxylation is 4. The molecule has 3 nitrogen and oxygen atoms in total. The van der Waals surface area contributed by atoms with E-state index < -0.39 is 33.3 Å². The van der Waals surface area contributed by atoms with E-state index in [4.69, 9.17) is 8.23 Å². The molecule has 4 aromatic carbocycles. The van der Waals surface area contributed by atoms with Crippen LogP contribution < -0.4 is 5.32 Å². The summed E-state index contributed by atoms with van der Waals surface area (Å²) in [6, 6.07) is 37.4. The maximum atomic E-state index is 6.37. The Balaban J connectivity index is 0.000000270. The molecule has 286 valence electrons. The molecule has 0 bridgehead atoms. The number of hydrogen-bond donors (Lipinski definition) is 1. The zero-order chi connectivity index (χ0) is 39.0. The molecule has 52 heavy (non-hydrogen) atoms. The van der Waals surface area contributed by atoms with Gasteiger partial charge in [-0.15, -0.1) is 23.5 Å². The van der Waals surface area contributed by atoms with Gasteiger partial charge in [-0.1, -0.05) is 71.8 Å². The molecule has 0 aromatic heterocycles.